The van der Waals surface area contributed by atoms with Crippen LogP contribution in [0.1, 0.15) is 18.2 Å². The fourth-order valence-corrected chi connectivity index (χ4v) is 1.44. The van der Waals surface area contributed by atoms with E-state index in [0.29, 0.717) is 0 Å². The summed E-state index contributed by atoms with van der Waals surface area (Å²) < 4.78 is 1.87. The molecule has 0 saturated heterocycles. The highest BCUT2D eigenvalue weighted by molar-refractivity contribution is 5.46. The van der Waals surface area contributed by atoms with Gasteiger partial charge in [-0.05, 0) is 19.5 Å². The van der Waals surface area contributed by atoms with E-state index in [0.717, 1.165) is 30.0 Å². The molecule has 14 heavy (non-hydrogen) atoms. The zero-order chi connectivity index (χ0) is 9.97. The predicted octanol–water partition coefficient (Wildman–Crippen LogP) is 1.15. The van der Waals surface area contributed by atoms with Gasteiger partial charge in [0.1, 0.15) is 0 Å². The van der Waals surface area contributed by atoms with Crippen LogP contribution in [-0.4, -0.2) is 21.1 Å². The molecule has 0 aliphatic carbocycles. The zero-order valence-corrected chi connectivity index (χ0v) is 8.49. The van der Waals surface area contributed by atoms with Crippen molar-refractivity contribution in [3.63, 3.8) is 0 Å². The third kappa shape index (κ3) is 1.48. The molecule has 2 aromatic rings. The van der Waals surface area contributed by atoms with Crippen molar-refractivity contribution >= 4 is 5.65 Å². The summed E-state index contributed by atoms with van der Waals surface area (Å²) in [5, 5.41) is 7.55. The van der Waals surface area contributed by atoms with Gasteiger partial charge >= 0.3 is 0 Å². The maximum Gasteiger partial charge on any atom is 0.159 e. The number of aromatic nitrogens is 3. The molecule has 0 spiro atoms. The Kier molecular flexibility index (Phi) is 2.45. The highest BCUT2D eigenvalue weighted by Crippen LogP contribution is 2.08. The summed E-state index contributed by atoms with van der Waals surface area (Å²) in [6, 6.07) is 1.96. The summed E-state index contributed by atoms with van der Waals surface area (Å²) in [6.45, 7) is 5.91. The molecule has 2 aromatic heterocycles. The standard InChI is InChI=1S/C10H14N4/c1-3-11-6-9-7-13-14-8(2)4-5-12-10(9)14/h4-5,7,11H,3,6H2,1-2H3. The van der Waals surface area contributed by atoms with Gasteiger partial charge in [0, 0.05) is 24.0 Å². The van der Waals surface area contributed by atoms with Crippen LogP contribution in [0, 0.1) is 6.92 Å². The van der Waals surface area contributed by atoms with Gasteiger partial charge < -0.3 is 5.32 Å². The van der Waals surface area contributed by atoms with Crippen LogP contribution in [0.15, 0.2) is 18.5 Å². The van der Waals surface area contributed by atoms with Crippen LogP contribution < -0.4 is 5.32 Å². The molecule has 0 radical (unpaired) electrons. The fraction of sp³-hybridized carbons (Fsp3) is 0.400. The average molecular weight is 190 g/mol. The number of hydrogen-bond acceptors (Lipinski definition) is 3. The summed E-state index contributed by atoms with van der Waals surface area (Å²) in [6.07, 6.45) is 3.69. The largest absolute Gasteiger partial charge is 0.313 e. The third-order valence-corrected chi connectivity index (χ3v) is 2.23. The molecule has 1 N–H and O–H groups in total. The molecule has 4 nitrogen and oxygen atoms in total. The summed E-state index contributed by atoms with van der Waals surface area (Å²) in [7, 11) is 0. The molecule has 0 aliphatic rings. The number of hydrogen-bond donors (Lipinski definition) is 1. The van der Waals surface area contributed by atoms with E-state index in [2.05, 4.69) is 22.3 Å². The molecule has 0 bridgehead atoms. The molecule has 0 atom stereocenters. The van der Waals surface area contributed by atoms with Gasteiger partial charge in [0.05, 0.1) is 6.20 Å². The molecule has 0 unspecified atom stereocenters. The average Bonchev–Trinajstić information content (AvgIpc) is 2.60. The molecule has 0 amide bonds. The molecule has 2 rings (SSSR count). The van der Waals surface area contributed by atoms with Crippen LogP contribution in [0.3, 0.4) is 0 Å². The quantitative estimate of drug-likeness (QED) is 0.789. The van der Waals surface area contributed by atoms with Gasteiger partial charge in [-0.1, -0.05) is 6.92 Å². The topological polar surface area (TPSA) is 42.2 Å². The second-order valence-corrected chi connectivity index (χ2v) is 3.27. The van der Waals surface area contributed by atoms with Crippen molar-refractivity contribution in [3.8, 4) is 0 Å². The normalized spacial score (nSPS) is 11.0. The van der Waals surface area contributed by atoms with Crippen molar-refractivity contribution in [3.05, 3.63) is 29.7 Å². The van der Waals surface area contributed by atoms with Crippen molar-refractivity contribution in [2.24, 2.45) is 0 Å². The zero-order valence-electron chi connectivity index (χ0n) is 8.49. The van der Waals surface area contributed by atoms with Crippen molar-refractivity contribution in [1.29, 1.82) is 0 Å². The Balaban J connectivity index is 2.42. The van der Waals surface area contributed by atoms with Crippen molar-refractivity contribution in [2.75, 3.05) is 6.54 Å². The predicted molar refractivity (Wildman–Crippen MR) is 55.1 cm³/mol. The molecule has 74 valence electrons. The summed E-state index contributed by atoms with van der Waals surface area (Å²) in [5.41, 5.74) is 3.21. The first-order valence-corrected chi connectivity index (χ1v) is 4.82. The van der Waals surface area contributed by atoms with Gasteiger partial charge in [-0.25, -0.2) is 9.50 Å². The van der Waals surface area contributed by atoms with E-state index in [1.807, 2.05) is 29.9 Å². The molecule has 4 heteroatoms. The van der Waals surface area contributed by atoms with Crippen LogP contribution in [-0.2, 0) is 6.54 Å². The summed E-state index contributed by atoms with van der Waals surface area (Å²) >= 11 is 0. The molecule has 0 aromatic carbocycles. The van der Waals surface area contributed by atoms with Crippen LogP contribution in [0.25, 0.3) is 5.65 Å². The fourth-order valence-electron chi connectivity index (χ4n) is 1.44. The van der Waals surface area contributed by atoms with Gasteiger partial charge in [0.25, 0.3) is 0 Å². The maximum atomic E-state index is 4.32. The second kappa shape index (κ2) is 3.75. The van der Waals surface area contributed by atoms with Gasteiger partial charge in [-0.15, -0.1) is 0 Å². The number of fused-ring (bicyclic) bond motifs is 1. The lowest BCUT2D eigenvalue weighted by atomic mass is 10.3. The lowest BCUT2D eigenvalue weighted by Gasteiger charge is -2.00. The van der Waals surface area contributed by atoms with Gasteiger partial charge in [-0.2, -0.15) is 5.10 Å². The first-order valence-electron chi connectivity index (χ1n) is 4.82. The highest BCUT2D eigenvalue weighted by atomic mass is 15.2. The van der Waals surface area contributed by atoms with Gasteiger partial charge in [0.15, 0.2) is 5.65 Å². The Labute approximate surface area is 83.0 Å². The minimum absolute atomic E-state index is 0.830. The van der Waals surface area contributed by atoms with E-state index in [1.54, 1.807) is 0 Å². The smallest absolute Gasteiger partial charge is 0.159 e. The van der Waals surface area contributed by atoms with E-state index in [1.165, 1.54) is 0 Å². The van der Waals surface area contributed by atoms with Crippen molar-refractivity contribution in [1.82, 2.24) is 19.9 Å². The second-order valence-electron chi connectivity index (χ2n) is 3.27. The Morgan fingerprint density at radius 2 is 2.36 bits per heavy atom. The van der Waals surface area contributed by atoms with E-state index in [-0.39, 0.29) is 0 Å². The van der Waals surface area contributed by atoms with Crippen LogP contribution in [0.5, 0.6) is 0 Å². The van der Waals surface area contributed by atoms with E-state index < -0.39 is 0 Å². The molecular weight excluding hydrogens is 176 g/mol. The van der Waals surface area contributed by atoms with Crippen molar-refractivity contribution < 1.29 is 0 Å². The monoisotopic (exact) mass is 190 g/mol. The van der Waals surface area contributed by atoms with E-state index >= 15 is 0 Å². The first-order chi connectivity index (χ1) is 6.83. The molecule has 0 saturated carbocycles. The number of rotatable bonds is 3. The van der Waals surface area contributed by atoms with Gasteiger partial charge in [-0.3, -0.25) is 0 Å². The van der Waals surface area contributed by atoms with Crippen molar-refractivity contribution in [2.45, 2.75) is 20.4 Å². The first kappa shape index (κ1) is 9.15. The third-order valence-electron chi connectivity index (χ3n) is 2.23. The number of aryl methyl sites for hydroxylation is 1. The maximum absolute atomic E-state index is 4.32. The number of nitrogens with zero attached hydrogens (tertiary/aromatic N) is 3. The SMILES string of the molecule is CCNCc1cnn2c(C)ccnc12. The Morgan fingerprint density at radius 1 is 1.50 bits per heavy atom. The lowest BCUT2D eigenvalue weighted by molar-refractivity contribution is 0.729. The van der Waals surface area contributed by atoms with Gasteiger partial charge in [0.2, 0.25) is 0 Å². The van der Waals surface area contributed by atoms with E-state index in [9.17, 15) is 0 Å². The molecular formula is C10H14N4. The Morgan fingerprint density at radius 3 is 3.14 bits per heavy atom. The molecule has 2 heterocycles. The minimum atomic E-state index is 0.830. The van der Waals surface area contributed by atoms with Crippen LogP contribution in [0.2, 0.25) is 0 Å². The highest BCUT2D eigenvalue weighted by Gasteiger charge is 2.04. The lowest BCUT2D eigenvalue weighted by Crippen LogP contribution is -2.11. The molecule has 0 aliphatic heterocycles. The van der Waals surface area contributed by atoms with E-state index in [4.69, 9.17) is 0 Å². The van der Waals surface area contributed by atoms with Crippen LogP contribution >= 0.6 is 0 Å². The van der Waals surface area contributed by atoms with Crippen LogP contribution in [0.4, 0.5) is 0 Å². The summed E-state index contributed by atoms with van der Waals surface area (Å²) in [4.78, 5) is 4.32. The Hall–Kier alpha value is -1.42. The molecule has 0 fully saturated rings. The summed E-state index contributed by atoms with van der Waals surface area (Å²) in [5.74, 6) is 0. The number of nitrogens with one attached hydrogen (secondary N) is 1. The minimum Gasteiger partial charge on any atom is -0.313 e. The Bertz CT molecular complexity index is 433.